The van der Waals surface area contributed by atoms with Crippen LogP contribution in [-0.4, -0.2) is 49.7 Å². The summed E-state index contributed by atoms with van der Waals surface area (Å²) in [5, 5.41) is 13.3. The lowest BCUT2D eigenvalue weighted by Crippen LogP contribution is -2.45. The molecule has 4 rings (SSSR count). The highest BCUT2D eigenvalue weighted by Gasteiger charge is 2.33. The largest absolute Gasteiger partial charge is 0.474 e. The van der Waals surface area contributed by atoms with Crippen molar-refractivity contribution in [2.75, 3.05) is 17.5 Å². The number of halogens is 2. The maximum Gasteiger partial charge on any atom is 0.264 e. The molecule has 0 bridgehead atoms. The van der Waals surface area contributed by atoms with E-state index in [2.05, 4.69) is 10.3 Å². The van der Waals surface area contributed by atoms with Crippen LogP contribution in [0.4, 0.5) is 5.69 Å². The first-order valence-corrected chi connectivity index (χ1v) is 12.1. The fourth-order valence-corrected chi connectivity index (χ4v) is 5.57. The van der Waals surface area contributed by atoms with Crippen molar-refractivity contribution in [3.05, 3.63) is 46.1 Å². The summed E-state index contributed by atoms with van der Waals surface area (Å²) in [7, 11) is -3.99. The van der Waals surface area contributed by atoms with Gasteiger partial charge in [0.25, 0.3) is 15.9 Å². The number of nitrogens with one attached hydrogen (secondary N) is 1. The van der Waals surface area contributed by atoms with Crippen LogP contribution < -0.4 is 14.4 Å². The Morgan fingerprint density at radius 1 is 1.19 bits per heavy atom. The van der Waals surface area contributed by atoms with E-state index in [4.69, 9.17) is 27.9 Å². The molecule has 2 aliphatic rings. The fraction of sp³-hybridized carbons (Fsp3) is 0.400. The molecule has 0 spiro atoms. The molecular weight excluding hydrogens is 465 g/mol. The van der Waals surface area contributed by atoms with E-state index < -0.39 is 22.0 Å². The van der Waals surface area contributed by atoms with Crippen LogP contribution in [-0.2, 0) is 10.0 Å². The van der Waals surface area contributed by atoms with Gasteiger partial charge in [-0.25, -0.2) is 13.4 Å². The van der Waals surface area contributed by atoms with Crippen molar-refractivity contribution >= 4 is 44.8 Å². The van der Waals surface area contributed by atoms with Gasteiger partial charge in [-0.15, -0.1) is 0 Å². The minimum absolute atomic E-state index is 0.0325. The number of sulfonamides is 1. The Kier molecular flexibility index (Phi) is 6.30. The van der Waals surface area contributed by atoms with Crippen molar-refractivity contribution < 1.29 is 23.1 Å². The maximum absolute atomic E-state index is 13.3. The summed E-state index contributed by atoms with van der Waals surface area (Å²) in [5.41, 5.74) is 0.338. The summed E-state index contributed by atoms with van der Waals surface area (Å²) >= 11 is 11.9. The third kappa shape index (κ3) is 4.45. The number of aliphatic hydroxyl groups excluding tert-OH is 1. The second-order valence-corrected chi connectivity index (χ2v) is 10.2. The number of pyridine rings is 1. The SMILES string of the molecule is O=C(N[C@@H]1CCCC[C@H]1O)c1cnc2c(c1)N(S(=O)(=O)c1ccc(Cl)c(Cl)c1)CCO2. The van der Waals surface area contributed by atoms with Crippen molar-refractivity contribution in [2.24, 2.45) is 0 Å². The van der Waals surface area contributed by atoms with E-state index in [1.54, 1.807) is 0 Å². The number of hydrogen-bond acceptors (Lipinski definition) is 6. The third-order valence-electron chi connectivity index (χ3n) is 5.42. The lowest BCUT2D eigenvalue weighted by atomic mass is 9.92. The Hall–Kier alpha value is -2.07. The highest BCUT2D eigenvalue weighted by atomic mass is 35.5. The molecule has 1 aromatic carbocycles. The Labute approximate surface area is 190 Å². The number of nitrogens with zero attached hydrogens (tertiary/aromatic N) is 2. The van der Waals surface area contributed by atoms with Gasteiger partial charge in [-0.3, -0.25) is 9.10 Å². The average molecular weight is 486 g/mol. The van der Waals surface area contributed by atoms with Crippen LogP contribution >= 0.6 is 23.2 Å². The number of ether oxygens (including phenoxy) is 1. The number of carbonyl (C=O) groups excluding carboxylic acids is 1. The smallest absolute Gasteiger partial charge is 0.264 e. The molecule has 166 valence electrons. The Morgan fingerprint density at radius 2 is 1.97 bits per heavy atom. The molecule has 0 radical (unpaired) electrons. The zero-order valence-corrected chi connectivity index (χ0v) is 18.8. The molecule has 1 amide bonds. The van der Waals surface area contributed by atoms with Gasteiger partial charge < -0.3 is 15.2 Å². The van der Waals surface area contributed by atoms with E-state index in [9.17, 15) is 18.3 Å². The third-order valence-corrected chi connectivity index (χ3v) is 7.97. The van der Waals surface area contributed by atoms with E-state index in [0.29, 0.717) is 12.8 Å². The molecule has 8 nitrogen and oxygen atoms in total. The highest BCUT2D eigenvalue weighted by Crippen LogP contribution is 2.35. The molecule has 1 saturated carbocycles. The van der Waals surface area contributed by atoms with Gasteiger partial charge in [-0.05, 0) is 37.1 Å². The van der Waals surface area contributed by atoms with Gasteiger partial charge in [0.05, 0.1) is 39.2 Å². The number of aliphatic hydroxyl groups is 1. The lowest BCUT2D eigenvalue weighted by Gasteiger charge is -2.30. The van der Waals surface area contributed by atoms with Gasteiger partial charge in [0.2, 0.25) is 5.88 Å². The van der Waals surface area contributed by atoms with Crippen LogP contribution in [0.1, 0.15) is 36.0 Å². The molecule has 1 aliphatic heterocycles. The first-order valence-electron chi connectivity index (χ1n) is 9.87. The molecule has 1 fully saturated rings. The molecule has 1 aromatic heterocycles. The van der Waals surface area contributed by atoms with Crippen molar-refractivity contribution in [1.29, 1.82) is 0 Å². The molecule has 31 heavy (non-hydrogen) atoms. The van der Waals surface area contributed by atoms with Gasteiger partial charge in [0.15, 0.2) is 0 Å². The minimum Gasteiger partial charge on any atom is -0.474 e. The predicted molar refractivity (Wildman–Crippen MR) is 116 cm³/mol. The number of hydrogen-bond donors (Lipinski definition) is 2. The average Bonchev–Trinajstić information content (AvgIpc) is 2.76. The second-order valence-electron chi connectivity index (χ2n) is 7.48. The second kappa shape index (κ2) is 8.82. The van der Waals surface area contributed by atoms with Gasteiger partial charge in [0, 0.05) is 6.20 Å². The Balaban J connectivity index is 1.64. The summed E-state index contributed by atoms with van der Waals surface area (Å²) in [4.78, 5) is 16.9. The number of fused-ring (bicyclic) bond motifs is 1. The van der Waals surface area contributed by atoms with Crippen LogP contribution in [0.25, 0.3) is 0 Å². The van der Waals surface area contributed by atoms with Crippen LogP contribution in [0.2, 0.25) is 10.0 Å². The van der Waals surface area contributed by atoms with Crippen LogP contribution in [0.15, 0.2) is 35.4 Å². The topological polar surface area (TPSA) is 109 Å². The van der Waals surface area contributed by atoms with Gasteiger partial charge in [-0.1, -0.05) is 36.0 Å². The van der Waals surface area contributed by atoms with Gasteiger partial charge in [0.1, 0.15) is 12.3 Å². The van der Waals surface area contributed by atoms with E-state index in [1.807, 2.05) is 0 Å². The number of carbonyl (C=O) groups is 1. The zero-order chi connectivity index (χ0) is 22.2. The highest BCUT2D eigenvalue weighted by molar-refractivity contribution is 7.92. The van der Waals surface area contributed by atoms with Crippen molar-refractivity contribution in [2.45, 2.75) is 42.7 Å². The zero-order valence-electron chi connectivity index (χ0n) is 16.4. The quantitative estimate of drug-likeness (QED) is 0.688. The number of aromatic nitrogens is 1. The predicted octanol–water partition coefficient (Wildman–Crippen LogP) is 3.01. The molecule has 1 aliphatic carbocycles. The number of rotatable bonds is 4. The molecule has 0 saturated heterocycles. The first-order chi connectivity index (χ1) is 14.8. The summed E-state index contributed by atoms with van der Waals surface area (Å²) < 4.78 is 33.2. The fourth-order valence-electron chi connectivity index (χ4n) is 3.75. The maximum atomic E-state index is 13.3. The lowest BCUT2D eigenvalue weighted by molar-refractivity contribution is 0.0717. The Morgan fingerprint density at radius 3 is 2.71 bits per heavy atom. The molecule has 11 heteroatoms. The van der Waals surface area contributed by atoms with Crippen molar-refractivity contribution in [1.82, 2.24) is 10.3 Å². The monoisotopic (exact) mass is 485 g/mol. The summed E-state index contributed by atoms with van der Waals surface area (Å²) in [6, 6.07) is 5.15. The standard InChI is InChI=1S/C20H21Cl2N3O5S/c21-14-6-5-13(10-15(14)22)31(28,29)25-7-8-30-20-17(25)9-12(11-23-20)19(27)24-16-3-1-2-4-18(16)26/h5-6,9-11,16,18,26H,1-4,7-8H2,(H,24,27)/t16-,18-/m1/s1. The van der Waals surface area contributed by atoms with Crippen LogP contribution in [0.5, 0.6) is 5.88 Å². The molecule has 2 N–H and O–H groups in total. The number of benzene rings is 1. The molecule has 2 heterocycles. The summed E-state index contributed by atoms with van der Waals surface area (Å²) in [5.74, 6) is -0.317. The van der Waals surface area contributed by atoms with Crippen molar-refractivity contribution in [3.8, 4) is 5.88 Å². The van der Waals surface area contributed by atoms with E-state index >= 15 is 0 Å². The first kappa shape index (κ1) is 22.1. The van der Waals surface area contributed by atoms with Crippen molar-refractivity contribution in [3.63, 3.8) is 0 Å². The number of amides is 1. The van der Waals surface area contributed by atoms with E-state index in [1.165, 1.54) is 30.5 Å². The van der Waals surface area contributed by atoms with Crippen LogP contribution in [0, 0.1) is 0 Å². The Bertz CT molecular complexity index is 1110. The number of anilines is 1. The minimum atomic E-state index is -3.99. The van der Waals surface area contributed by atoms with E-state index in [0.717, 1.165) is 17.1 Å². The summed E-state index contributed by atoms with van der Waals surface area (Å²) in [6.07, 6.45) is 3.90. The van der Waals surface area contributed by atoms with Crippen LogP contribution in [0.3, 0.4) is 0 Å². The van der Waals surface area contributed by atoms with Gasteiger partial charge >= 0.3 is 0 Å². The molecule has 0 unspecified atom stereocenters. The van der Waals surface area contributed by atoms with Gasteiger partial charge in [-0.2, -0.15) is 0 Å². The normalized spacial score (nSPS) is 21.2. The summed E-state index contributed by atoms with van der Waals surface area (Å²) in [6.45, 7) is 0.157. The van der Waals surface area contributed by atoms with E-state index in [-0.39, 0.29) is 51.3 Å². The molecular formula is C20H21Cl2N3O5S. The molecule has 2 atom stereocenters. The molecule has 2 aromatic rings.